The van der Waals surface area contributed by atoms with E-state index in [0.29, 0.717) is 29.7 Å². The highest BCUT2D eigenvalue weighted by Gasteiger charge is 2.49. The van der Waals surface area contributed by atoms with Gasteiger partial charge in [-0.25, -0.2) is 0 Å². The summed E-state index contributed by atoms with van der Waals surface area (Å²) in [7, 11) is 0. The van der Waals surface area contributed by atoms with E-state index < -0.39 is 0 Å². The maximum atomic E-state index is 5.62. The van der Waals surface area contributed by atoms with E-state index >= 15 is 0 Å². The zero-order chi connectivity index (χ0) is 22.3. The Kier molecular flexibility index (Phi) is 10.5. The summed E-state index contributed by atoms with van der Waals surface area (Å²) in [6.45, 7) is 28.5. The molecular weight excluding hydrogens is 378 g/mol. The fourth-order valence-corrected chi connectivity index (χ4v) is 4.49. The summed E-state index contributed by atoms with van der Waals surface area (Å²) in [5, 5.41) is 0. The lowest BCUT2D eigenvalue weighted by Crippen LogP contribution is -2.67. The fraction of sp³-hybridized carbons (Fsp3) is 1.00. The molecule has 0 aromatic heterocycles. The molecule has 0 unspecified atom stereocenters. The van der Waals surface area contributed by atoms with Gasteiger partial charge >= 0.3 is 0 Å². The summed E-state index contributed by atoms with van der Waals surface area (Å²) in [6.07, 6.45) is 0.808. The first kappa shape index (κ1) is 26.0. The second-order valence-corrected chi connectivity index (χ2v) is 10.5. The Labute approximate surface area is 186 Å². The lowest BCUT2D eigenvalue weighted by atomic mass is 9.77. The van der Waals surface area contributed by atoms with Gasteiger partial charge in [0.2, 0.25) is 0 Å². The van der Waals surface area contributed by atoms with Crippen LogP contribution < -0.4 is 0 Å². The van der Waals surface area contributed by atoms with Crippen molar-refractivity contribution in [1.29, 1.82) is 0 Å². The van der Waals surface area contributed by atoms with Crippen LogP contribution in [0.3, 0.4) is 0 Å². The summed E-state index contributed by atoms with van der Waals surface area (Å²) in [4.78, 5) is 7.41. The van der Waals surface area contributed by atoms with Crippen LogP contribution in [0.4, 0.5) is 0 Å². The van der Waals surface area contributed by atoms with Gasteiger partial charge in [-0.15, -0.1) is 0 Å². The van der Waals surface area contributed by atoms with Crippen molar-refractivity contribution in [2.24, 2.45) is 5.41 Å². The van der Waals surface area contributed by atoms with Gasteiger partial charge in [0, 0.05) is 62.8 Å². The zero-order valence-corrected chi connectivity index (χ0v) is 21.0. The molecule has 6 heteroatoms. The second-order valence-electron chi connectivity index (χ2n) is 10.5. The first-order chi connectivity index (χ1) is 14.1. The monoisotopic (exact) mass is 427 g/mol. The summed E-state index contributed by atoms with van der Waals surface area (Å²) >= 11 is 0. The van der Waals surface area contributed by atoms with Gasteiger partial charge in [-0.1, -0.05) is 0 Å². The van der Waals surface area contributed by atoms with E-state index in [4.69, 9.17) is 14.2 Å². The molecule has 0 saturated carbocycles. The van der Waals surface area contributed by atoms with Crippen molar-refractivity contribution in [3.05, 3.63) is 0 Å². The van der Waals surface area contributed by atoms with Gasteiger partial charge in [0.25, 0.3) is 0 Å². The topological polar surface area (TPSA) is 37.4 Å². The van der Waals surface area contributed by atoms with E-state index in [9.17, 15) is 0 Å². The minimum absolute atomic E-state index is 0.404. The SMILES string of the molecule is CC(C)N1CC2(COC2)C1.CC(C)N1CCOCC1.CC(C)N1C[C@@H](C)O[C@@H](C)C1. The Hall–Kier alpha value is -0.240. The van der Waals surface area contributed by atoms with E-state index in [-0.39, 0.29) is 0 Å². The van der Waals surface area contributed by atoms with Crippen LogP contribution in [0.1, 0.15) is 55.4 Å². The van der Waals surface area contributed by atoms with Crippen LogP contribution in [0.2, 0.25) is 0 Å². The Morgan fingerprint density at radius 1 is 0.667 bits per heavy atom. The van der Waals surface area contributed by atoms with Crippen molar-refractivity contribution in [3.8, 4) is 0 Å². The molecule has 4 aliphatic rings. The number of hydrogen-bond donors (Lipinski definition) is 0. The number of morpholine rings is 2. The molecule has 0 radical (unpaired) electrons. The molecule has 0 aromatic rings. The van der Waals surface area contributed by atoms with Gasteiger partial charge in [-0.2, -0.15) is 0 Å². The van der Waals surface area contributed by atoms with Crippen LogP contribution in [0, 0.1) is 5.41 Å². The van der Waals surface area contributed by atoms with Crippen molar-refractivity contribution in [2.75, 3.05) is 65.7 Å². The molecule has 30 heavy (non-hydrogen) atoms. The highest BCUT2D eigenvalue weighted by atomic mass is 16.5. The van der Waals surface area contributed by atoms with Gasteiger partial charge in [-0.3, -0.25) is 14.7 Å². The third kappa shape index (κ3) is 8.03. The maximum absolute atomic E-state index is 5.62. The fourth-order valence-electron chi connectivity index (χ4n) is 4.49. The normalized spacial score (nSPS) is 29.7. The lowest BCUT2D eigenvalue weighted by Gasteiger charge is -2.56. The molecule has 1 spiro atoms. The number of rotatable bonds is 3. The Morgan fingerprint density at radius 3 is 1.47 bits per heavy atom. The van der Waals surface area contributed by atoms with Crippen molar-refractivity contribution in [2.45, 2.75) is 85.7 Å². The molecule has 4 heterocycles. The molecule has 4 saturated heterocycles. The molecule has 6 nitrogen and oxygen atoms in total. The second kappa shape index (κ2) is 12.1. The zero-order valence-electron chi connectivity index (χ0n) is 21.0. The Bertz CT molecular complexity index is 458. The molecule has 0 aliphatic carbocycles. The molecule has 2 atom stereocenters. The van der Waals surface area contributed by atoms with Gasteiger partial charge in [-0.05, 0) is 55.4 Å². The van der Waals surface area contributed by atoms with Crippen LogP contribution in [0.15, 0.2) is 0 Å². The first-order valence-electron chi connectivity index (χ1n) is 12.1. The standard InChI is InChI=1S/C9H19NO.C8H15NO.C7H15NO/c1-7(2)10-5-8(3)11-9(4)6-10;1-7(2)9-3-8(4-9)5-10-6-8;1-7(2)8-3-5-9-6-4-8/h7-9H,5-6H2,1-4H3;7H,3-6H2,1-2H3;7H,3-6H2,1-2H3/t8-,9+;;. The lowest BCUT2D eigenvalue weighted by molar-refractivity contribution is -0.195. The van der Waals surface area contributed by atoms with Crippen LogP contribution >= 0.6 is 0 Å². The quantitative estimate of drug-likeness (QED) is 0.689. The molecule has 0 amide bonds. The average Bonchev–Trinajstić information content (AvgIpc) is 2.60. The third-order valence-electron chi connectivity index (χ3n) is 6.58. The van der Waals surface area contributed by atoms with Crippen molar-refractivity contribution in [1.82, 2.24) is 14.7 Å². The highest BCUT2D eigenvalue weighted by Crippen LogP contribution is 2.38. The van der Waals surface area contributed by atoms with Crippen molar-refractivity contribution in [3.63, 3.8) is 0 Å². The summed E-state index contributed by atoms with van der Waals surface area (Å²) in [5.74, 6) is 0. The van der Waals surface area contributed by atoms with Gasteiger partial charge < -0.3 is 14.2 Å². The van der Waals surface area contributed by atoms with E-state index in [1.807, 2.05) is 0 Å². The smallest absolute Gasteiger partial charge is 0.0678 e. The molecule has 0 N–H and O–H groups in total. The van der Waals surface area contributed by atoms with Crippen LogP contribution in [-0.4, -0.2) is 111 Å². The molecule has 4 aliphatic heterocycles. The maximum Gasteiger partial charge on any atom is 0.0678 e. The highest BCUT2D eigenvalue weighted by molar-refractivity contribution is 5.00. The third-order valence-corrected chi connectivity index (χ3v) is 6.58. The summed E-state index contributed by atoms with van der Waals surface area (Å²) < 4.78 is 16.0. The van der Waals surface area contributed by atoms with Crippen LogP contribution in [-0.2, 0) is 14.2 Å². The Morgan fingerprint density at radius 2 is 1.13 bits per heavy atom. The van der Waals surface area contributed by atoms with E-state index in [0.717, 1.165) is 58.6 Å². The molecule has 0 aromatic carbocycles. The molecule has 178 valence electrons. The van der Waals surface area contributed by atoms with Gasteiger partial charge in [0.05, 0.1) is 38.6 Å². The van der Waals surface area contributed by atoms with Gasteiger partial charge in [0.15, 0.2) is 0 Å². The molecule has 4 rings (SSSR count). The van der Waals surface area contributed by atoms with E-state index in [1.54, 1.807) is 0 Å². The van der Waals surface area contributed by atoms with Crippen LogP contribution in [0.5, 0.6) is 0 Å². The average molecular weight is 428 g/mol. The predicted molar refractivity (Wildman–Crippen MR) is 124 cm³/mol. The van der Waals surface area contributed by atoms with Crippen molar-refractivity contribution >= 4 is 0 Å². The van der Waals surface area contributed by atoms with Crippen molar-refractivity contribution < 1.29 is 14.2 Å². The molecule has 4 fully saturated rings. The molecular formula is C24H49N3O3. The minimum Gasteiger partial charge on any atom is -0.380 e. The predicted octanol–water partition coefficient (Wildman–Crippen LogP) is 2.96. The Balaban J connectivity index is 0.000000161. The first-order valence-corrected chi connectivity index (χ1v) is 12.1. The molecule has 0 bridgehead atoms. The number of nitrogens with zero attached hydrogens (tertiary/aromatic N) is 3. The number of ether oxygens (including phenoxy) is 3. The summed E-state index contributed by atoms with van der Waals surface area (Å²) in [6, 6.07) is 2.07. The van der Waals surface area contributed by atoms with E-state index in [2.05, 4.69) is 70.1 Å². The summed E-state index contributed by atoms with van der Waals surface area (Å²) in [5.41, 5.74) is 0.601. The number of likely N-dealkylation sites (tertiary alicyclic amines) is 1. The van der Waals surface area contributed by atoms with Crippen LogP contribution in [0.25, 0.3) is 0 Å². The number of hydrogen-bond acceptors (Lipinski definition) is 6. The largest absolute Gasteiger partial charge is 0.380 e. The van der Waals surface area contributed by atoms with Gasteiger partial charge in [0.1, 0.15) is 0 Å². The minimum atomic E-state index is 0.404. The van der Waals surface area contributed by atoms with E-state index in [1.165, 1.54) is 13.1 Å².